The Bertz CT molecular complexity index is 183. The molecule has 0 saturated heterocycles. The number of nitrogens with one attached hydrogen (secondary N) is 4. The summed E-state index contributed by atoms with van der Waals surface area (Å²) in [6.07, 6.45) is 0. The molecule has 0 aliphatic heterocycles. The molecule has 76 valence electrons. The van der Waals surface area contributed by atoms with Gasteiger partial charge in [0.25, 0.3) is 0 Å². The first-order valence-corrected chi connectivity index (χ1v) is 4.48. The molecule has 0 aromatic carbocycles. The Hall–Kier alpha value is -1.04. The molecular formula is C7H16N4OS. The molecule has 0 radical (unpaired) electrons. The number of rotatable bonds is 2. The van der Waals surface area contributed by atoms with Crippen molar-refractivity contribution in [3.63, 3.8) is 0 Å². The van der Waals surface area contributed by atoms with Crippen molar-refractivity contribution in [2.24, 2.45) is 5.92 Å². The minimum atomic E-state index is -0.325. The van der Waals surface area contributed by atoms with Crippen LogP contribution in [-0.2, 0) is 0 Å². The molecule has 4 N–H and O–H groups in total. The molecule has 6 heteroatoms. The highest BCUT2D eigenvalue weighted by molar-refractivity contribution is 7.80. The van der Waals surface area contributed by atoms with E-state index in [9.17, 15) is 4.79 Å². The van der Waals surface area contributed by atoms with Crippen LogP contribution < -0.4 is 21.5 Å². The average molecular weight is 204 g/mol. The smallest absolute Gasteiger partial charge is 0.333 e. The van der Waals surface area contributed by atoms with Gasteiger partial charge in [-0.2, -0.15) is 0 Å². The Morgan fingerprint density at radius 3 is 2.46 bits per heavy atom. The zero-order valence-electron chi connectivity index (χ0n) is 8.10. The number of hydrazine groups is 1. The van der Waals surface area contributed by atoms with Crippen molar-refractivity contribution < 1.29 is 4.79 Å². The van der Waals surface area contributed by atoms with Crippen molar-refractivity contribution in [3.05, 3.63) is 0 Å². The van der Waals surface area contributed by atoms with Gasteiger partial charge < -0.3 is 10.6 Å². The van der Waals surface area contributed by atoms with Gasteiger partial charge in [0.05, 0.1) is 0 Å². The fourth-order valence-corrected chi connectivity index (χ4v) is 0.651. The molecule has 0 aliphatic carbocycles. The van der Waals surface area contributed by atoms with Crippen LogP contribution in [0.15, 0.2) is 0 Å². The summed E-state index contributed by atoms with van der Waals surface area (Å²) in [5.41, 5.74) is 4.90. The van der Waals surface area contributed by atoms with E-state index in [1.54, 1.807) is 0 Å². The second-order valence-corrected chi connectivity index (χ2v) is 3.34. The molecule has 0 rings (SSSR count). The van der Waals surface area contributed by atoms with E-state index in [0.29, 0.717) is 11.0 Å². The number of hydrogen-bond donors (Lipinski definition) is 4. The van der Waals surface area contributed by atoms with Crippen molar-refractivity contribution in [2.45, 2.75) is 13.8 Å². The molecule has 0 aromatic heterocycles. The second-order valence-electron chi connectivity index (χ2n) is 2.93. The van der Waals surface area contributed by atoms with Crippen molar-refractivity contribution in [2.75, 3.05) is 13.6 Å². The summed E-state index contributed by atoms with van der Waals surface area (Å²) in [5, 5.41) is 5.74. The number of thiocarbonyl (C=S) groups is 1. The molecule has 2 amide bonds. The van der Waals surface area contributed by atoms with Crippen molar-refractivity contribution in [1.82, 2.24) is 21.5 Å². The summed E-state index contributed by atoms with van der Waals surface area (Å²) >= 11 is 4.87. The lowest BCUT2D eigenvalue weighted by Crippen LogP contribution is -2.50. The van der Waals surface area contributed by atoms with Crippen LogP contribution in [0.3, 0.4) is 0 Å². The Morgan fingerprint density at radius 1 is 1.38 bits per heavy atom. The van der Waals surface area contributed by atoms with Crippen LogP contribution in [0.1, 0.15) is 13.8 Å². The van der Waals surface area contributed by atoms with Crippen LogP contribution in [0, 0.1) is 5.92 Å². The van der Waals surface area contributed by atoms with E-state index in [-0.39, 0.29) is 6.03 Å². The van der Waals surface area contributed by atoms with E-state index in [1.807, 2.05) is 0 Å². The third-order valence-electron chi connectivity index (χ3n) is 1.19. The van der Waals surface area contributed by atoms with Crippen LogP contribution in [0.4, 0.5) is 4.79 Å². The third kappa shape index (κ3) is 7.32. The fraction of sp³-hybridized carbons (Fsp3) is 0.714. The lowest BCUT2D eigenvalue weighted by Gasteiger charge is -2.12. The summed E-state index contributed by atoms with van der Waals surface area (Å²) in [4.78, 5) is 10.7. The molecule has 0 unspecified atom stereocenters. The molecule has 0 spiro atoms. The van der Waals surface area contributed by atoms with Crippen LogP contribution in [0.25, 0.3) is 0 Å². The zero-order chi connectivity index (χ0) is 10.3. The van der Waals surface area contributed by atoms with Gasteiger partial charge in [-0.25, -0.2) is 10.2 Å². The number of carbonyl (C=O) groups is 1. The van der Waals surface area contributed by atoms with Crippen LogP contribution >= 0.6 is 12.2 Å². The summed E-state index contributed by atoms with van der Waals surface area (Å²) in [7, 11) is 1.53. The van der Waals surface area contributed by atoms with Gasteiger partial charge in [-0.3, -0.25) is 5.43 Å². The standard InChI is InChI=1S/C7H16N4OS/c1-5(2)4-9-7(13)11-10-6(12)8-3/h5H,4H2,1-3H3,(H2,8,10,12)(H2,9,11,13). The van der Waals surface area contributed by atoms with Gasteiger partial charge in [-0.15, -0.1) is 0 Å². The Kier molecular flexibility index (Phi) is 5.96. The van der Waals surface area contributed by atoms with E-state index in [1.165, 1.54) is 7.05 Å². The van der Waals surface area contributed by atoms with Crippen molar-refractivity contribution in [1.29, 1.82) is 0 Å². The predicted octanol–water partition coefficient (Wildman–Crippen LogP) is -0.0495. The van der Waals surface area contributed by atoms with Crippen molar-refractivity contribution in [3.8, 4) is 0 Å². The van der Waals surface area contributed by atoms with E-state index in [2.05, 4.69) is 35.3 Å². The van der Waals surface area contributed by atoms with E-state index in [4.69, 9.17) is 12.2 Å². The predicted molar refractivity (Wildman–Crippen MR) is 56.2 cm³/mol. The number of amides is 2. The monoisotopic (exact) mass is 204 g/mol. The van der Waals surface area contributed by atoms with Crippen LogP contribution in [0.5, 0.6) is 0 Å². The molecule has 0 saturated carbocycles. The maximum Gasteiger partial charge on any atom is 0.333 e. The Labute approximate surface area is 83.6 Å². The van der Waals surface area contributed by atoms with Gasteiger partial charge >= 0.3 is 6.03 Å². The first kappa shape index (κ1) is 12.0. The molecule has 5 nitrogen and oxygen atoms in total. The second kappa shape index (κ2) is 6.47. The molecular weight excluding hydrogens is 188 g/mol. The highest BCUT2D eigenvalue weighted by Crippen LogP contribution is 1.85. The number of hydrogen-bond acceptors (Lipinski definition) is 2. The topological polar surface area (TPSA) is 65.2 Å². The van der Waals surface area contributed by atoms with Gasteiger partial charge in [0, 0.05) is 13.6 Å². The van der Waals surface area contributed by atoms with E-state index < -0.39 is 0 Å². The third-order valence-corrected chi connectivity index (χ3v) is 1.43. The minimum absolute atomic E-state index is 0.325. The summed E-state index contributed by atoms with van der Waals surface area (Å²) in [6.45, 7) is 4.92. The summed E-state index contributed by atoms with van der Waals surface area (Å²) in [5.74, 6) is 0.514. The van der Waals surface area contributed by atoms with Crippen LogP contribution in [-0.4, -0.2) is 24.7 Å². The fourth-order valence-electron chi connectivity index (χ4n) is 0.517. The SMILES string of the molecule is CNC(=O)NNC(=S)NCC(C)C. The largest absolute Gasteiger partial charge is 0.361 e. The van der Waals surface area contributed by atoms with Crippen LogP contribution in [0.2, 0.25) is 0 Å². The molecule has 0 heterocycles. The van der Waals surface area contributed by atoms with E-state index in [0.717, 1.165) is 6.54 Å². The summed E-state index contributed by atoms with van der Waals surface area (Å²) in [6, 6.07) is -0.325. The lowest BCUT2D eigenvalue weighted by atomic mass is 10.2. The molecule has 0 aliphatic rings. The highest BCUT2D eigenvalue weighted by atomic mass is 32.1. The lowest BCUT2D eigenvalue weighted by molar-refractivity contribution is 0.241. The maximum absolute atomic E-state index is 10.7. The number of carbonyl (C=O) groups excluding carboxylic acids is 1. The van der Waals surface area contributed by atoms with Gasteiger partial charge in [0.15, 0.2) is 5.11 Å². The Morgan fingerprint density at radius 2 is 2.00 bits per heavy atom. The first-order valence-electron chi connectivity index (χ1n) is 4.07. The molecule has 0 aromatic rings. The molecule has 0 atom stereocenters. The summed E-state index contributed by atoms with van der Waals surface area (Å²) < 4.78 is 0. The van der Waals surface area contributed by atoms with Crippen molar-refractivity contribution >= 4 is 23.4 Å². The van der Waals surface area contributed by atoms with Gasteiger partial charge in [-0.05, 0) is 18.1 Å². The minimum Gasteiger partial charge on any atom is -0.361 e. The quantitative estimate of drug-likeness (QED) is 0.376. The van der Waals surface area contributed by atoms with Gasteiger partial charge in [-0.1, -0.05) is 13.8 Å². The van der Waals surface area contributed by atoms with E-state index >= 15 is 0 Å². The zero-order valence-corrected chi connectivity index (χ0v) is 8.92. The number of urea groups is 1. The average Bonchev–Trinajstić information content (AvgIpc) is 2.10. The molecule has 0 fully saturated rings. The normalized spacial score (nSPS) is 9.23. The molecule has 13 heavy (non-hydrogen) atoms. The first-order chi connectivity index (χ1) is 6.06. The maximum atomic E-state index is 10.7. The molecule has 0 bridgehead atoms. The Balaban J connectivity index is 3.46. The highest BCUT2D eigenvalue weighted by Gasteiger charge is 1.98. The van der Waals surface area contributed by atoms with Gasteiger partial charge in [0.1, 0.15) is 0 Å². The van der Waals surface area contributed by atoms with Gasteiger partial charge in [0.2, 0.25) is 0 Å².